The van der Waals surface area contributed by atoms with Gasteiger partial charge in [-0.05, 0) is 48.5 Å². The van der Waals surface area contributed by atoms with Gasteiger partial charge in [-0.2, -0.15) is 0 Å². The molecule has 3 aromatic carbocycles. The Hall–Kier alpha value is -3.42. The lowest BCUT2D eigenvalue weighted by atomic mass is 10.2. The Morgan fingerprint density at radius 3 is 2.58 bits per heavy atom. The molecule has 7 heteroatoms. The molecule has 0 radical (unpaired) electrons. The van der Waals surface area contributed by atoms with Gasteiger partial charge in [-0.25, -0.2) is 9.38 Å². The van der Waals surface area contributed by atoms with E-state index in [-0.39, 0.29) is 5.56 Å². The second kappa shape index (κ2) is 8.17. The van der Waals surface area contributed by atoms with Crippen molar-refractivity contribution < 1.29 is 4.74 Å². The molecule has 0 aliphatic rings. The normalized spacial score (nSPS) is 12.3. The topological polar surface area (TPSA) is 48.5 Å². The molecule has 0 bridgehead atoms. The fourth-order valence-electron chi connectivity index (χ4n) is 4.12. The molecule has 0 fully saturated rings. The molecule has 0 aliphatic heterocycles. The van der Waals surface area contributed by atoms with Crippen LogP contribution in [0.2, 0.25) is 0 Å². The van der Waals surface area contributed by atoms with E-state index in [0.717, 1.165) is 42.7 Å². The van der Waals surface area contributed by atoms with E-state index in [1.165, 1.54) is 11.3 Å². The fraction of sp³-hybridized carbons (Fsp3) is 0.0769. The number of imidazole rings is 1. The number of fused-ring (bicyclic) bond motifs is 4. The smallest absolute Gasteiger partial charge is 0.274 e. The van der Waals surface area contributed by atoms with E-state index >= 15 is 0 Å². The van der Waals surface area contributed by atoms with Gasteiger partial charge in [0.25, 0.3) is 5.56 Å². The quantitative estimate of drug-likeness (QED) is 0.315. The first kappa shape index (κ1) is 20.2. The Labute approximate surface area is 201 Å². The molecule has 5 nitrogen and oxygen atoms in total. The third kappa shape index (κ3) is 3.63. The van der Waals surface area contributed by atoms with E-state index in [9.17, 15) is 4.79 Å². The monoisotopic (exact) mass is 515 g/mol. The number of hydrogen-bond acceptors (Lipinski definition) is 4. The fourth-order valence-corrected chi connectivity index (χ4v) is 5.36. The molecule has 0 saturated carbocycles. The van der Waals surface area contributed by atoms with Crippen molar-refractivity contribution in [1.82, 2.24) is 14.0 Å². The molecule has 3 heterocycles. The first-order valence-corrected chi connectivity index (χ1v) is 12.2. The van der Waals surface area contributed by atoms with Gasteiger partial charge in [0.05, 0.1) is 22.1 Å². The number of aromatic nitrogens is 3. The highest BCUT2D eigenvalue weighted by atomic mass is 79.9. The third-order valence-electron chi connectivity index (χ3n) is 5.67. The Morgan fingerprint density at radius 1 is 0.970 bits per heavy atom. The first-order chi connectivity index (χ1) is 16.2. The van der Waals surface area contributed by atoms with Gasteiger partial charge in [-0.15, -0.1) is 0 Å². The van der Waals surface area contributed by atoms with Crippen LogP contribution in [0.1, 0.15) is 5.56 Å². The van der Waals surface area contributed by atoms with Gasteiger partial charge in [0.2, 0.25) is 0 Å². The average Bonchev–Trinajstić information content (AvgIpc) is 3.47. The van der Waals surface area contributed by atoms with E-state index in [2.05, 4.69) is 43.8 Å². The van der Waals surface area contributed by atoms with Crippen LogP contribution in [0.5, 0.6) is 5.75 Å². The third-order valence-corrected chi connectivity index (χ3v) is 7.16. The van der Waals surface area contributed by atoms with Crippen molar-refractivity contribution in [3.8, 4) is 5.75 Å². The van der Waals surface area contributed by atoms with E-state index in [4.69, 9.17) is 4.74 Å². The molecule has 0 N–H and O–H groups in total. The van der Waals surface area contributed by atoms with Crippen molar-refractivity contribution >= 4 is 60.2 Å². The Bertz CT molecular complexity index is 1730. The van der Waals surface area contributed by atoms with Gasteiger partial charge >= 0.3 is 0 Å². The second-order valence-electron chi connectivity index (χ2n) is 7.73. The summed E-state index contributed by atoms with van der Waals surface area (Å²) in [6, 6.07) is 23.8. The lowest BCUT2D eigenvalue weighted by Gasteiger charge is -2.08. The molecule has 0 atom stereocenters. The minimum atomic E-state index is -0.0286. The summed E-state index contributed by atoms with van der Waals surface area (Å²) in [5, 5.41) is 1.11. The van der Waals surface area contributed by atoms with Crippen molar-refractivity contribution in [2.24, 2.45) is 0 Å². The highest BCUT2D eigenvalue weighted by molar-refractivity contribution is 9.10. The lowest BCUT2D eigenvalue weighted by molar-refractivity contribution is 0.300. The number of hydrogen-bond donors (Lipinski definition) is 0. The van der Waals surface area contributed by atoms with Crippen molar-refractivity contribution in [2.75, 3.05) is 6.61 Å². The van der Waals surface area contributed by atoms with Crippen molar-refractivity contribution in [3.63, 3.8) is 0 Å². The predicted octanol–water partition coefficient (Wildman–Crippen LogP) is 5.25. The summed E-state index contributed by atoms with van der Waals surface area (Å²) in [5.74, 6) is 0.839. The van der Waals surface area contributed by atoms with Crippen LogP contribution in [-0.2, 0) is 6.54 Å². The summed E-state index contributed by atoms with van der Waals surface area (Å²) in [4.78, 5) is 18.5. The van der Waals surface area contributed by atoms with E-state index in [0.29, 0.717) is 17.7 Å². The molecule has 6 rings (SSSR count). The summed E-state index contributed by atoms with van der Waals surface area (Å²) < 4.78 is 11.5. The molecular weight excluding hydrogens is 498 g/mol. The first-order valence-electron chi connectivity index (χ1n) is 10.6. The Kier molecular flexibility index (Phi) is 5.00. The van der Waals surface area contributed by atoms with Gasteiger partial charge in [-0.1, -0.05) is 57.6 Å². The lowest BCUT2D eigenvalue weighted by Crippen LogP contribution is -2.22. The molecule has 6 aromatic rings. The molecule has 0 aliphatic carbocycles. The highest BCUT2D eigenvalue weighted by Crippen LogP contribution is 2.23. The highest BCUT2D eigenvalue weighted by Gasteiger charge is 2.12. The van der Waals surface area contributed by atoms with Crippen LogP contribution in [0.3, 0.4) is 0 Å². The van der Waals surface area contributed by atoms with Gasteiger partial charge in [0.15, 0.2) is 4.96 Å². The number of benzene rings is 3. The molecule has 0 spiro atoms. The Balaban J connectivity index is 1.37. The largest absolute Gasteiger partial charge is 0.492 e. The van der Waals surface area contributed by atoms with Crippen LogP contribution >= 0.6 is 27.3 Å². The Morgan fingerprint density at radius 2 is 1.73 bits per heavy atom. The number of nitrogens with zero attached hydrogens (tertiary/aromatic N) is 3. The molecule has 33 heavy (non-hydrogen) atoms. The number of halogens is 1. The summed E-state index contributed by atoms with van der Waals surface area (Å²) in [7, 11) is 0. The van der Waals surface area contributed by atoms with Crippen LogP contribution in [0.15, 0.2) is 88.3 Å². The average molecular weight is 516 g/mol. The SMILES string of the molecule is O=c1/c(=C\c2cn(CCOc3ccc(Br)cc3)c3ccccc23)sc2nc3ccccc3n12. The molecule has 0 saturated heterocycles. The number of ether oxygens (including phenoxy) is 1. The molecular formula is C26H18BrN3O2S. The summed E-state index contributed by atoms with van der Waals surface area (Å²) in [6.07, 6.45) is 4.07. The molecule has 162 valence electrons. The van der Waals surface area contributed by atoms with E-state index < -0.39 is 0 Å². The maximum absolute atomic E-state index is 13.2. The number of rotatable bonds is 5. The van der Waals surface area contributed by atoms with Crippen LogP contribution in [-0.4, -0.2) is 20.6 Å². The molecule has 0 unspecified atom stereocenters. The molecule has 3 aromatic heterocycles. The summed E-state index contributed by atoms with van der Waals surface area (Å²) in [6.45, 7) is 1.25. The summed E-state index contributed by atoms with van der Waals surface area (Å²) in [5.41, 5.74) is 3.79. The van der Waals surface area contributed by atoms with Gasteiger partial charge in [0.1, 0.15) is 12.4 Å². The standard InChI is InChI=1S/C26H18BrN3O2S/c27-18-9-11-19(12-10-18)32-14-13-29-16-17(20-5-1-3-7-22(20)29)15-24-25(31)30-23-8-4-2-6-21(23)28-26(30)33-24/h1-12,15-16H,13-14H2/b24-15+. The van der Waals surface area contributed by atoms with Gasteiger partial charge in [-0.3, -0.25) is 4.79 Å². The zero-order chi connectivity index (χ0) is 22.4. The van der Waals surface area contributed by atoms with Gasteiger partial charge < -0.3 is 9.30 Å². The predicted molar refractivity (Wildman–Crippen MR) is 137 cm³/mol. The van der Waals surface area contributed by atoms with E-state index in [1.54, 1.807) is 4.40 Å². The van der Waals surface area contributed by atoms with Crippen molar-refractivity contribution in [1.29, 1.82) is 0 Å². The zero-order valence-electron chi connectivity index (χ0n) is 17.4. The number of thiazole rings is 1. The second-order valence-corrected chi connectivity index (χ2v) is 9.66. The molecule has 0 amide bonds. The minimum absolute atomic E-state index is 0.0286. The zero-order valence-corrected chi connectivity index (χ0v) is 19.8. The maximum atomic E-state index is 13.2. The maximum Gasteiger partial charge on any atom is 0.274 e. The van der Waals surface area contributed by atoms with Crippen LogP contribution in [0.25, 0.3) is 33.0 Å². The van der Waals surface area contributed by atoms with Crippen molar-refractivity contribution in [2.45, 2.75) is 6.54 Å². The minimum Gasteiger partial charge on any atom is -0.492 e. The van der Waals surface area contributed by atoms with E-state index in [1.807, 2.05) is 66.7 Å². The summed E-state index contributed by atoms with van der Waals surface area (Å²) >= 11 is 4.87. The van der Waals surface area contributed by atoms with Crippen molar-refractivity contribution in [3.05, 3.63) is 104 Å². The number of para-hydroxylation sites is 3. The van der Waals surface area contributed by atoms with Gasteiger partial charge in [0, 0.05) is 27.1 Å². The van der Waals surface area contributed by atoms with Crippen LogP contribution < -0.4 is 14.8 Å². The van der Waals surface area contributed by atoms with Crippen LogP contribution in [0, 0.1) is 0 Å². The van der Waals surface area contributed by atoms with Crippen LogP contribution in [0.4, 0.5) is 0 Å².